The summed E-state index contributed by atoms with van der Waals surface area (Å²) in [5, 5.41) is 4.44. The van der Waals surface area contributed by atoms with E-state index in [1.165, 1.54) is 15.9 Å². The van der Waals surface area contributed by atoms with Crippen LogP contribution in [0.5, 0.6) is 5.75 Å². The summed E-state index contributed by atoms with van der Waals surface area (Å²) in [4.78, 5) is 33.8. The van der Waals surface area contributed by atoms with E-state index in [1.807, 2.05) is 79.7 Å². The van der Waals surface area contributed by atoms with E-state index < -0.39 is 0 Å². The molecule has 1 aliphatic heterocycles. The highest BCUT2D eigenvalue weighted by atomic mass is 32.1. The number of hydrogen-bond donors (Lipinski definition) is 0. The molecule has 0 saturated carbocycles. The van der Waals surface area contributed by atoms with Crippen LogP contribution < -0.4 is 19.7 Å². The molecule has 0 bridgehead atoms. The van der Waals surface area contributed by atoms with E-state index in [-0.39, 0.29) is 11.5 Å². The van der Waals surface area contributed by atoms with Crippen molar-refractivity contribution in [1.29, 1.82) is 0 Å². The highest BCUT2D eigenvalue weighted by Crippen LogP contribution is 2.36. The van der Waals surface area contributed by atoms with Gasteiger partial charge in [0.05, 0.1) is 30.5 Å². The number of aryl methyl sites for hydroxylation is 1. The Hall–Kier alpha value is -4.30. The number of rotatable bonds is 4. The van der Waals surface area contributed by atoms with E-state index in [0.717, 1.165) is 22.4 Å². The third-order valence-corrected chi connectivity index (χ3v) is 7.15. The van der Waals surface area contributed by atoms with Crippen molar-refractivity contribution in [3.63, 3.8) is 0 Å². The number of carbonyl (C=O) groups is 1. The lowest BCUT2D eigenvalue weighted by molar-refractivity contribution is -0.113. The fourth-order valence-electron chi connectivity index (χ4n) is 4.36. The van der Waals surface area contributed by atoms with Gasteiger partial charge in [-0.15, -0.1) is 5.10 Å². The molecular formula is C27H20N4O3S. The van der Waals surface area contributed by atoms with Gasteiger partial charge >= 0.3 is 0 Å². The second-order valence-electron chi connectivity index (χ2n) is 8.34. The molecule has 6 rings (SSSR count). The molecule has 0 fully saturated rings. The zero-order valence-corrected chi connectivity index (χ0v) is 19.9. The maximum absolute atomic E-state index is 13.6. The predicted molar refractivity (Wildman–Crippen MR) is 136 cm³/mol. The maximum Gasteiger partial charge on any atom is 0.291 e. The van der Waals surface area contributed by atoms with Gasteiger partial charge in [-0.1, -0.05) is 71.5 Å². The Morgan fingerprint density at radius 2 is 1.63 bits per heavy atom. The van der Waals surface area contributed by atoms with Crippen molar-refractivity contribution >= 4 is 33.5 Å². The number of para-hydroxylation sites is 2. The molecule has 35 heavy (non-hydrogen) atoms. The number of thiazole rings is 1. The lowest BCUT2D eigenvalue weighted by atomic mass is 10.1. The van der Waals surface area contributed by atoms with Crippen LogP contribution in [-0.2, 0) is 11.3 Å². The van der Waals surface area contributed by atoms with Crippen molar-refractivity contribution < 1.29 is 9.53 Å². The predicted octanol–water partition coefficient (Wildman–Crippen LogP) is 3.60. The van der Waals surface area contributed by atoms with E-state index in [4.69, 9.17) is 4.74 Å². The Morgan fingerprint density at radius 1 is 0.914 bits per heavy atom. The van der Waals surface area contributed by atoms with Gasteiger partial charge in [-0.25, -0.2) is 0 Å². The lowest BCUT2D eigenvalue weighted by Crippen LogP contribution is -2.32. The molecule has 1 aliphatic rings. The molecular weight excluding hydrogens is 460 g/mol. The van der Waals surface area contributed by atoms with Crippen LogP contribution in [0.25, 0.3) is 21.9 Å². The smallest absolute Gasteiger partial charge is 0.291 e. The van der Waals surface area contributed by atoms with Gasteiger partial charge in [0.15, 0.2) is 5.82 Å². The molecule has 1 amide bonds. The number of nitrogens with zero attached hydrogens (tertiary/aromatic N) is 4. The van der Waals surface area contributed by atoms with Crippen molar-refractivity contribution in [3.8, 4) is 17.1 Å². The molecule has 3 aromatic carbocycles. The van der Waals surface area contributed by atoms with Crippen LogP contribution in [0.2, 0.25) is 0 Å². The van der Waals surface area contributed by atoms with Crippen molar-refractivity contribution in [2.75, 3.05) is 12.0 Å². The molecule has 0 unspecified atom stereocenters. The van der Waals surface area contributed by atoms with Gasteiger partial charge in [-0.2, -0.15) is 9.50 Å². The van der Waals surface area contributed by atoms with Crippen LogP contribution in [0.4, 0.5) is 5.69 Å². The monoisotopic (exact) mass is 480 g/mol. The van der Waals surface area contributed by atoms with Gasteiger partial charge in [-0.05, 0) is 30.7 Å². The summed E-state index contributed by atoms with van der Waals surface area (Å²) < 4.78 is 7.02. The van der Waals surface area contributed by atoms with Gasteiger partial charge in [0.1, 0.15) is 10.3 Å². The zero-order chi connectivity index (χ0) is 24.1. The van der Waals surface area contributed by atoms with Gasteiger partial charge in [-0.3, -0.25) is 9.59 Å². The number of anilines is 1. The van der Waals surface area contributed by atoms with Crippen LogP contribution in [0.1, 0.15) is 16.7 Å². The van der Waals surface area contributed by atoms with Crippen molar-refractivity contribution in [3.05, 3.63) is 104 Å². The Kier molecular flexibility index (Phi) is 4.96. The van der Waals surface area contributed by atoms with E-state index in [2.05, 4.69) is 10.1 Å². The standard InChI is InChI=1S/C27H20N4O3S/c1-16-11-13-17(14-12-16)15-30-20-9-5-3-7-18(20)22(25(30)32)23-26(33)31-27(35-23)28-24(29-31)19-8-4-6-10-21(19)34-2/h3-14H,15H2,1-2H3. The number of ether oxygens (including phenoxy) is 1. The zero-order valence-electron chi connectivity index (χ0n) is 19.1. The van der Waals surface area contributed by atoms with Gasteiger partial charge in [0.2, 0.25) is 4.96 Å². The molecule has 7 nitrogen and oxygen atoms in total. The van der Waals surface area contributed by atoms with E-state index in [1.54, 1.807) is 12.0 Å². The van der Waals surface area contributed by atoms with Gasteiger partial charge < -0.3 is 9.64 Å². The molecule has 3 heterocycles. The molecule has 0 radical (unpaired) electrons. The molecule has 0 atom stereocenters. The summed E-state index contributed by atoms with van der Waals surface area (Å²) in [7, 11) is 1.58. The Bertz CT molecular complexity index is 1720. The average molecular weight is 481 g/mol. The number of hydrogen-bond acceptors (Lipinski definition) is 6. The van der Waals surface area contributed by atoms with Gasteiger partial charge in [0.25, 0.3) is 11.5 Å². The minimum atomic E-state index is -0.353. The van der Waals surface area contributed by atoms with E-state index in [9.17, 15) is 9.59 Å². The number of aromatic nitrogens is 3. The molecule has 5 aromatic rings. The Labute approximate surface area is 204 Å². The number of carbonyl (C=O) groups excluding carboxylic acids is 1. The highest BCUT2D eigenvalue weighted by Gasteiger charge is 2.34. The quantitative estimate of drug-likeness (QED) is 0.393. The summed E-state index contributed by atoms with van der Waals surface area (Å²) in [6, 6.07) is 23.1. The van der Waals surface area contributed by atoms with E-state index in [0.29, 0.717) is 38.7 Å². The van der Waals surface area contributed by atoms with Crippen molar-refractivity contribution in [1.82, 2.24) is 14.6 Å². The first kappa shape index (κ1) is 21.2. The van der Waals surface area contributed by atoms with Crippen LogP contribution in [0, 0.1) is 6.92 Å². The summed E-state index contributed by atoms with van der Waals surface area (Å²) in [6.07, 6.45) is 0. The number of amides is 1. The first-order chi connectivity index (χ1) is 17.0. The highest BCUT2D eigenvalue weighted by molar-refractivity contribution is 7.15. The third-order valence-electron chi connectivity index (χ3n) is 6.12. The molecule has 0 aliphatic carbocycles. The first-order valence-electron chi connectivity index (χ1n) is 11.1. The molecule has 2 aromatic heterocycles. The Balaban J connectivity index is 1.49. The van der Waals surface area contributed by atoms with Crippen molar-refractivity contribution in [2.24, 2.45) is 0 Å². The van der Waals surface area contributed by atoms with Crippen LogP contribution >= 0.6 is 11.3 Å². The summed E-state index contributed by atoms with van der Waals surface area (Å²) in [5.41, 5.74) is 4.46. The second-order valence-corrected chi connectivity index (χ2v) is 9.31. The maximum atomic E-state index is 13.6. The first-order valence-corrected chi connectivity index (χ1v) is 11.9. The fraction of sp³-hybridized carbons (Fsp3) is 0.111. The molecule has 8 heteroatoms. The largest absolute Gasteiger partial charge is 0.496 e. The molecule has 172 valence electrons. The third kappa shape index (κ3) is 3.41. The molecule has 0 N–H and O–H groups in total. The van der Waals surface area contributed by atoms with Crippen LogP contribution in [-0.4, -0.2) is 27.6 Å². The van der Waals surface area contributed by atoms with E-state index >= 15 is 0 Å². The summed E-state index contributed by atoms with van der Waals surface area (Å²) in [6.45, 7) is 2.45. The number of methoxy groups -OCH3 is 1. The topological polar surface area (TPSA) is 76.8 Å². The molecule has 0 spiro atoms. The normalized spacial score (nSPS) is 14.6. The number of benzene rings is 3. The number of fused-ring (bicyclic) bond motifs is 2. The average Bonchev–Trinajstić information content (AvgIpc) is 3.51. The minimum absolute atomic E-state index is 0.196. The Morgan fingerprint density at radius 3 is 2.37 bits per heavy atom. The van der Waals surface area contributed by atoms with Gasteiger partial charge in [0, 0.05) is 5.56 Å². The van der Waals surface area contributed by atoms with Crippen molar-refractivity contribution in [2.45, 2.75) is 13.5 Å². The summed E-state index contributed by atoms with van der Waals surface area (Å²) in [5.74, 6) is 0.833. The lowest BCUT2D eigenvalue weighted by Gasteiger charge is -2.17. The minimum Gasteiger partial charge on any atom is -0.496 e. The SMILES string of the molecule is COc1ccccc1-c1nc2sc(=C3C(=O)N(Cc4ccc(C)cc4)c4ccccc43)c(=O)n2n1. The van der Waals surface area contributed by atoms with Crippen LogP contribution in [0.15, 0.2) is 77.6 Å². The summed E-state index contributed by atoms with van der Waals surface area (Å²) >= 11 is 1.18. The van der Waals surface area contributed by atoms with Crippen LogP contribution in [0.3, 0.4) is 0 Å². The fourth-order valence-corrected chi connectivity index (χ4v) is 5.36. The second kappa shape index (κ2) is 8.18. The molecule has 0 saturated heterocycles.